The zero-order chi connectivity index (χ0) is 18.4. The van der Waals surface area contributed by atoms with E-state index < -0.39 is 6.10 Å². The van der Waals surface area contributed by atoms with Gasteiger partial charge in [-0.3, -0.25) is 9.59 Å². The van der Waals surface area contributed by atoms with E-state index in [2.05, 4.69) is 10.6 Å². The maximum absolute atomic E-state index is 12.2. The van der Waals surface area contributed by atoms with Crippen LogP contribution < -0.4 is 15.4 Å². The minimum Gasteiger partial charge on any atom is -0.481 e. The van der Waals surface area contributed by atoms with Gasteiger partial charge in [0.2, 0.25) is 5.91 Å². The second-order valence-corrected chi connectivity index (χ2v) is 6.29. The van der Waals surface area contributed by atoms with E-state index in [9.17, 15) is 9.59 Å². The molecule has 1 atom stereocenters. The zero-order valence-corrected chi connectivity index (χ0v) is 15.0. The Bertz CT molecular complexity index is 739. The number of nitrogens with one attached hydrogen (secondary N) is 2. The third-order valence-corrected chi connectivity index (χ3v) is 3.62. The number of carbonyl (C=O) groups is 2. The Morgan fingerprint density at radius 3 is 1.96 bits per heavy atom. The van der Waals surface area contributed by atoms with Crippen LogP contribution in [0.1, 0.15) is 26.3 Å². The standard InChI is InChI=1S/C20H24N2O3/c1-13(2)19(23)21-16-8-10-17(11-9-16)22-20(24)15(4)25-18-7-5-6-14(3)12-18/h5-13,15H,1-4H3,(H,21,23)(H,22,24). The minimum absolute atomic E-state index is 0.0445. The Hall–Kier alpha value is -2.82. The van der Waals surface area contributed by atoms with Gasteiger partial charge in [-0.1, -0.05) is 26.0 Å². The lowest BCUT2D eigenvalue weighted by Crippen LogP contribution is -2.30. The molecule has 0 aliphatic heterocycles. The number of aryl methyl sites for hydroxylation is 1. The molecule has 25 heavy (non-hydrogen) atoms. The van der Waals surface area contributed by atoms with Crippen LogP contribution in [0.15, 0.2) is 48.5 Å². The number of hydrogen-bond acceptors (Lipinski definition) is 3. The highest BCUT2D eigenvalue weighted by Crippen LogP contribution is 2.17. The molecule has 0 aliphatic rings. The quantitative estimate of drug-likeness (QED) is 0.835. The van der Waals surface area contributed by atoms with Crippen molar-refractivity contribution in [3.05, 3.63) is 54.1 Å². The molecule has 2 amide bonds. The molecule has 0 aliphatic carbocycles. The van der Waals surface area contributed by atoms with E-state index in [1.54, 1.807) is 31.2 Å². The molecule has 2 rings (SSSR count). The van der Waals surface area contributed by atoms with Crippen molar-refractivity contribution in [3.63, 3.8) is 0 Å². The van der Waals surface area contributed by atoms with Gasteiger partial charge in [0.15, 0.2) is 6.10 Å². The summed E-state index contributed by atoms with van der Waals surface area (Å²) in [5.41, 5.74) is 2.41. The fraction of sp³-hybridized carbons (Fsp3) is 0.300. The monoisotopic (exact) mass is 340 g/mol. The third kappa shape index (κ3) is 5.64. The molecule has 0 bridgehead atoms. The molecule has 0 aromatic heterocycles. The molecule has 2 aromatic carbocycles. The van der Waals surface area contributed by atoms with Crippen molar-refractivity contribution in [3.8, 4) is 5.75 Å². The summed E-state index contributed by atoms with van der Waals surface area (Å²) in [4.78, 5) is 23.9. The molecule has 1 unspecified atom stereocenters. The van der Waals surface area contributed by atoms with Gasteiger partial charge in [0.05, 0.1) is 0 Å². The average Bonchev–Trinajstić information content (AvgIpc) is 2.56. The predicted molar refractivity (Wildman–Crippen MR) is 99.8 cm³/mol. The largest absolute Gasteiger partial charge is 0.481 e. The molecule has 0 fully saturated rings. The molecule has 2 N–H and O–H groups in total. The molecule has 132 valence electrons. The van der Waals surface area contributed by atoms with Crippen molar-refractivity contribution in [2.75, 3.05) is 10.6 Å². The van der Waals surface area contributed by atoms with Crippen molar-refractivity contribution >= 4 is 23.2 Å². The summed E-state index contributed by atoms with van der Waals surface area (Å²) in [6, 6.07) is 14.6. The summed E-state index contributed by atoms with van der Waals surface area (Å²) in [7, 11) is 0. The Balaban J connectivity index is 1.92. The summed E-state index contributed by atoms with van der Waals surface area (Å²) in [6.07, 6.45) is -0.623. The molecule has 2 aromatic rings. The van der Waals surface area contributed by atoms with Crippen molar-refractivity contribution in [2.24, 2.45) is 5.92 Å². The lowest BCUT2D eigenvalue weighted by molar-refractivity contribution is -0.122. The summed E-state index contributed by atoms with van der Waals surface area (Å²) >= 11 is 0. The molecule has 0 saturated carbocycles. The van der Waals surface area contributed by atoms with Gasteiger partial charge in [-0.05, 0) is 55.8 Å². The molecule has 0 spiro atoms. The van der Waals surface area contributed by atoms with E-state index in [-0.39, 0.29) is 17.7 Å². The number of ether oxygens (including phenoxy) is 1. The lowest BCUT2D eigenvalue weighted by atomic mass is 10.2. The molecular formula is C20H24N2O3. The minimum atomic E-state index is -0.623. The second kappa shape index (κ2) is 8.33. The van der Waals surface area contributed by atoms with Crippen LogP contribution in [0.2, 0.25) is 0 Å². The molecular weight excluding hydrogens is 316 g/mol. The fourth-order valence-electron chi connectivity index (χ4n) is 2.11. The highest BCUT2D eigenvalue weighted by atomic mass is 16.5. The van der Waals surface area contributed by atoms with E-state index in [0.717, 1.165) is 5.56 Å². The first kappa shape index (κ1) is 18.5. The molecule has 5 heteroatoms. The zero-order valence-electron chi connectivity index (χ0n) is 15.0. The van der Waals surface area contributed by atoms with Crippen LogP contribution in [-0.4, -0.2) is 17.9 Å². The van der Waals surface area contributed by atoms with Crippen LogP contribution in [-0.2, 0) is 9.59 Å². The van der Waals surface area contributed by atoms with Gasteiger partial charge >= 0.3 is 0 Å². The fourth-order valence-corrected chi connectivity index (χ4v) is 2.11. The Morgan fingerprint density at radius 2 is 1.44 bits per heavy atom. The van der Waals surface area contributed by atoms with E-state index in [1.807, 2.05) is 45.0 Å². The van der Waals surface area contributed by atoms with Crippen molar-refractivity contribution < 1.29 is 14.3 Å². The van der Waals surface area contributed by atoms with Gasteiger partial charge in [-0.15, -0.1) is 0 Å². The smallest absolute Gasteiger partial charge is 0.265 e. The van der Waals surface area contributed by atoms with Gasteiger partial charge < -0.3 is 15.4 Å². The number of amides is 2. The first-order valence-electron chi connectivity index (χ1n) is 8.30. The summed E-state index contributed by atoms with van der Waals surface area (Å²) in [5.74, 6) is 0.297. The van der Waals surface area contributed by atoms with Gasteiger partial charge in [0.25, 0.3) is 5.91 Å². The first-order valence-corrected chi connectivity index (χ1v) is 8.30. The summed E-state index contributed by atoms with van der Waals surface area (Å²) in [5, 5.41) is 5.61. The van der Waals surface area contributed by atoms with E-state index in [0.29, 0.717) is 17.1 Å². The summed E-state index contributed by atoms with van der Waals surface area (Å²) < 4.78 is 5.66. The topological polar surface area (TPSA) is 67.4 Å². The predicted octanol–water partition coefficient (Wildman–Crippen LogP) is 4.00. The normalized spacial score (nSPS) is 11.7. The van der Waals surface area contributed by atoms with E-state index in [4.69, 9.17) is 4.74 Å². The Kier molecular flexibility index (Phi) is 6.17. The molecule has 5 nitrogen and oxygen atoms in total. The summed E-state index contributed by atoms with van der Waals surface area (Å²) in [6.45, 7) is 7.34. The number of anilines is 2. The van der Waals surface area contributed by atoms with Crippen LogP contribution in [0.4, 0.5) is 11.4 Å². The van der Waals surface area contributed by atoms with Crippen molar-refractivity contribution in [1.29, 1.82) is 0 Å². The number of benzene rings is 2. The van der Waals surface area contributed by atoms with Crippen LogP contribution in [0.3, 0.4) is 0 Å². The SMILES string of the molecule is Cc1cccc(OC(C)C(=O)Nc2ccc(NC(=O)C(C)C)cc2)c1. The van der Waals surface area contributed by atoms with Gasteiger partial charge in [-0.25, -0.2) is 0 Å². The van der Waals surface area contributed by atoms with E-state index >= 15 is 0 Å². The van der Waals surface area contributed by atoms with Gasteiger partial charge in [0, 0.05) is 17.3 Å². The van der Waals surface area contributed by atoms with Crippen LogP contribution in [0.25, 0.3) is 0 Å². The van der Waals surface area contributed by atoms with Crippen molar-refractivity contribution in [1.82, 2.24) is 0 Å². The Labute approximate surface area is 148 Å². The van der Waals surface area contributed by atoms with Crippen LogP contribution in [0.5, 0.6) is 5.75 Å². The molecule has 0 saturated heterocycles. The highest BCUT2D eigenvalue weighted by Gasteiger charge is 2.15. The maximum atomic E-state index is 12.2. The second-order valence-electron chi connectivity index (χ2n) is 6.29. The van der Waals surface area contributed by atoms with Gasteiger partial charge in [0.1, 0.15) is 5.75 Å². The highest BCUT2D eigenvalue weighted by molar-refractivity contribution is 5.95. The van der Waals surface area contributed by atoms with Crippen LogP contribution in [0, 0.1) is 12.8 Å². The average molecular weight is 340 g/mol. The van der Waals surface area contributed by atoms with E-state index in [1.165, 1.54) is 0 Å². The Morgan fingerprint density at radius 1 is 0.880 bits per heavy atom. The number of rotatable bonds is 6. The maximum Gasteiger partial charge on any atom is 0.265 e. The lowest BCUT2D eigenvalue weighted by Gasteiger charge is -2.15. The molecule has 0 heterocycles. The number of hydrogen-bond donors (Lipinski definition) is 2. The van der Waals surface area contributed by atoms with Crippen molar-refractivity contribution in [2.45, 2.75) is 33.8 Å². The van der Waals surface area contributed by atoms with Crippen LogP contribution >= 0.6 is 0 Å². The number of carbonyl (C=O) groups excluding carboxylic acids is 2. The van der Waals surface area contributed by atoms with Gasteiger partial charge in [-0.2, -0.15) is 0 Å². The molecule has 0 radical (unpaired) electrons. The third-order valence-electron chi connectivity index (χ3n) is 3.62. The first-order chi connectivity index (χ1) is 11.8.